The predicted molar refractivity (Wildman–Crippen MR) is 68.1 cm³/mol. The van der Waals surface area contributed by atoms with Crippen LogP contribution in [-0.4, -0.2) is 16.8 Å². The molecule has 0 spiro atoms. The van der Waals surface area contributed by atoms with Crippen LogP contribution in [0.3, 0.4) is 0 Å². The molecule has 0 saturated carbocycles. The van der Waals surface area contributed by atoms with E-state index in [1.807, 2.05) is 0 Å². The molecule has 0 aromatic heterocycles. The van der Waals surface area contributed by atoms with Crippen molar-refractivity contribution in [1.29, 1.82) is 0 Å². The van der Waals surface area contributed by atoms with Gasteiger partial charge in [0.25, 0.3) is 0 Å². The minimum Gasteiger partial charge on any atom is -0.295 e. The Hall–Kier alpha value is -0.340. The molecule has 82 valence electrons. The van der Waals surface area contributed by atoms with Gasteiger partial charge in [-0.15, -0.1) is 0 Å². The van der Waals surface area contributed by atoms with Crippen molar-refractivity contribution in [1.82, 2.24) is 4.90 Å². The van der Waals surface area contributed by atoms with E-state index in [1.165, 1.54) is 24.1 Å². The van der Waals surface area contributed by atoms with E-state index in [0.29, 0.717) is 0 Å². The number of benzene rings is 1. The molecule has 1 aliphatic rings. The Balaban J connectivity index is 1.95. The number of hydrogen-bond donors (Lipinski definition) is 0. The van der Waals surface area contributed by atoms with Crippen LogP contribution in [0.4, 0.5) is 0 Å². The van der Waals surface area contributed by atoms with Gasteiger partial charge in [-0.25, -0.2) is 0 Å². The van der Waals surface area contributed by atoms with Gasteiger partial charge in [-0.3, -0.25) is 4.90 Å². The zero-order valence-electron chi connectivity index (χ0n) is 9.25. The topological polar surface area (TPSA) is 3.24 Å². The van der Waals surface area contributed by atoms with Crippen LogP contribution in [0.5, 0.6) is 0 Å². The first-order valence-electron chi connectivity index (χ1n) is 5.68. The van der Waals surface area contributed by atoms with Crippen LogP contribution in [0.25, 0.3) is 0 Å². The van der Waals surface area contributed by atoms with Gasteiger partial charge in [0.2, 0.25) is 0 Å². The normalized spacial score (nSPS) is 17.7. The largest absolute Gasteiger partial charge is 0.295 e. The summed E-state index contributed by atoms with van der Waals surface area (Å²) in [7, 11) is 0. The summed E-state index contributed by atoms with van der Waals surface area (Å²) in [6.07, 6.45) is 1.26. The fourth-order valence-electron chi connectivity index (χ4n) is 2.18. The highest BCUT2D eigenvalue weighted by atomic mass is 79.9. The Morgan fingerprint density at radius 1 is 1.27 bits per heavy atom. The molecule has 0 aliphatic carbocycles. The zero-order chi connectivity index (χ0) is 10.7. The quantitative estimate of drug-likeness (QED) is 0.756. The average Bonchev–Trinajstić information content (AvgIpc) is 2.68. The van der Waals surface area contributed by atoms with Crippen molar-refractivity contribution in [2.45, 2.75) is 26.4 Å². The van der Waals surface area contributed by atoms with Crippen molar-refractivity contribution in [2.75, 3.05) is 11.9 Å². The maximum absolute atomic E-state index is 3.59. The Kier molecular flexibility index (Phi) is 3.81. The smallest absolute Gasteiger partial charge is 0.0240 e. The van der Waals surface area contributed by atoms with Crippen LogP contribution in [0.1, 0.15) is 24.5 Å². The molecule has 1 heterocycles. The lowest BCUT2D eigenvalue weighted by molar-refractivity contribution is 0.243. The van der Waals surface area contributed by atoms with E-state index < -0.39 is 0 Å². The zero-order valence-corrected chi connectivity index (χ0v) is 10.8. The molecule has 0 N–H and O–H groups in total. The fourth-order valence-corrected chi connectivity index (χ4v) is 2.85. The molecule has 1 unspecified atom stereocenters. The Bertz CT molecular complexity index is 295. The number of halogens is 1. The van der Waals surface area contributed by atoms with Crippen LogP contribution in [0.2, 0.25) is 0 Å². The van der Waals surface area contributed by atoms with Crippen molar-refractivity contribution in [2.24, 2.45) is 5.92 Å². The second-order valence-electron chi connectivity index (χ2n) is 4.37. The van der Waals surface area contributed by atoms with Gasteiger partial charge in [0.1, 0.15) is 0 Å². The molecule has 0 bridgehead atoms. The van der Waals surface area contributed by atoms with Crippen LogP contribution in [-0.2, 0) is 13.1 Å². The molecule has 0 saturated heterocycles. The van der Waals surface area contributed by atoms with Crippen LogP contribution >= 0.6 is 15.9 Å². The average molecular weight is 268 g/mol. The van der Waals surface area contributed by atoms with Gasteiger partial charge in [0.15, 0.2) is 0 Å². The summed E-state index contributed by atoms with van der Waals surface area (Å²) < 4.78 is 0. The first-order valence-corrected chi connectivity index (χ1v) is 6.80. The van der Waals surface area contributed by atoms with Gasteiger partial charge in [-0.05, 0) is 17.0 Å². The van der Waals surface area contributed by atoms with Crippen molar-refractivity contribution in [3.05, 3.63) is 35.4 Å². The predicted octanol–water partition coefficient (Wildman–Crippen LogP) is 3.42. The fraction of sp³-hybridized carbons (Fsp3) is 0.538. The van der Waals surface area contributed by atoms with E-state index in [-0.39, 0.29) is 0 Å². The molecule has 2 heteroatoms. The molecule has 0 fully saturated rings. The standard InChI is InChI=1S/C13H18BrN/c1-2-11(7-14)8-15-9-12-5-3-4-6-13(12)10-15/h3-6,11H,2,7-10H2,1H3. The summed E-state index contributed by atoms with van der Waals surface area (Å²) in [4.78, 5) is 2.56. The van der Waals surface area contributed by atoms with Gasteiger partial charge >= 0.3 is 0 Å². The van der Waals surface area contributed by atoms with E-state index in [1.54, 1.807) is 0 Å². The van der Waals surface area contributed by atoms with E-state index in [4.69, 9.17) is 0 Å². The van der Waals surface area contributed by atoms with Crippen molar-refractivity contribution in [3.63, 3.8) is 0 Å². The van der Waals surface area contributed by atoms with Crippen molar-refractivity contribution in [3.8, 4) is 0 Å². The summed E-state index contributed by atoms with van der Waals surface area (Å²) in [5, 5.41) is 1.12. The van der Waals surface area contributed by atoms with Gasteiger partial charge < -0.3 is 0 Å². The lowest BCUT2D eigenvalue weighted by atomic mass is 10.1. The number of fused-ring (bicyclic) bond motifs is 1. The Labute approximate surface area is 101 Å². The highest BCUT2D eigenvalue weighted by Gasteiger charge is 2.20. The Morgan fingerprint density at radius 3 is 2.33 bits per heavy atom. The lowest BCUT2D eigenvalue weighted by Crippen LogP contribution is -2.25. The second kappa shape index (κ2) is 5.13. The molecule has 15 heavy (non-hydrogen) atoms. The summed E-state index contributed by atoms with van der Waals surface area (Å²) in [5.41, 5.74) is 3.03. The van der Waals surface area contributed by atoms with Gasteiger partial charge in [-0.1, -0.05) is 53.5 Å². The van der Waals surface area contributed by atoms with Crippen molar-refractivity contribution < 1.29 is 0 Å². The Morgan fingerprint density at radius 2 is 1.87 bits per heavy atom. The summed E-state index contributed by atoms with van der Waals surface area (Å²) >= 11 is 3.59. The number of rotatable bonds is 4. The third-order valence-electron chi connectivity index (χ3n) is 3.22. The van der Waals surface area contributed by atoms with Crippen LogP contribution in [0.15, 0.2) is 24.3 Å². The molecule has 0 amide bonds. The molecular formula is C13H18BrN. The third kappa shape index (κ3) is 2.61. The number of nitrogens with zero attached hydrogens (tertiary/aromatic N) is 1. The minimum atomic E-state index is 0.791. The molecular weight excluding hydrogens is 250 g/mol. The van der Waals surface area contributed by atoms with Gasteiger partial charge in [0.05, 0.1) is 0 Å². The molecule has 1 aliphatic heterocycles. The lowest BCUT2D eigenvalue weighted by Gasteiger charge is -2.20. The first-order chi connectivity index (χ1) is 7.33. The first kappa shape index (κ1) is 11.2. The van der Waals surface area contributed by atoms with E-state index >= 15 is 0 Å². The monoisotopic (exact) mass is 267 g/mol. The van der Waals surface area contributed by atoms with E-state index in [2.05, 4.69) is 52.0 Å². The highest BCUT2D eigenvalue weighted by molar-refractivity contribution is 9.09. The maximum Gasteiger partial charge on any atom is 0.0240 e. The number of alkyl halides is 1. The number of hydrogen-bond acceptors (Lipinski definition) is 1. The van der Waals surface area contributed by atoms with E-state index in [9.17, 15) is 0 Å². The SMILES string of the molecule is CCC(CBr)CN1Cc2ccccc2C1. The molecule has 1 nitrogen and oxygen atoms in total. The molecule has 2 rings (SSSR count). The summed E-state index contributed by atoms with van der Waals surface area (Å²) in [5.74, 6) is 0.791. The van der Waals surface area contributed by atoms with Crippen LogP contribution < -0.4 is 0 Å². The minimum absolute atomic E-state index is 0.791. The molecule has 1 aromatic rings. The summed E-state index contributed by atoms with van der Waals surface area (Å²) in [6, 6.07) is 8.79. The van der Waals surface area contributed by atoms with Gasteiger partial charge in [-0.2, -0.15) is 0 Å². The van der Waals surface area contributed by atoms with Crippen molar-refractivity contribution >= 4 is 15.9 Å². The second-order valence-corrected chi connectivity index (χ2v) is 5.01. The van der Waals surface area contributed by atoms with E-state index in [0.717, 1.165) is 24.3 Å². The van der Waals surface area contributed by atoms with Gasteiger partial charge in [0, 0.05) is 25.0 Å². The summed E-state index contributed by atoms with van der Waals surface area (Å²) in [6.45, 7) is 5.77. The highest BCUT2D eigenvalue weighted by Crippen LogP contribution is 2.23. The third-order valence-corrected chi connectivity index (χ3v) is 4.13. The molecule has 0 radical (unpaired) electrons. The molecule has 1 atom stereocenters. The maximum atomic E-state index is 3.59. The van der Waals surface area contributed by atoms with Crippen LogP contribution in [0, 0.1) is 5.92 Å². The molecule has 1 aromatic carbocycles.